The average Bonchev–Trinajstić information content (AvgIpc) is 1.84. The zero-order chi connectivity index (χ0) is 7.40. The van der Waals surface area contributed by atoms with Gasteiger partial charge in [-0.15, -0.1) is 0 Å². The molecule has 0 radical (unpaired) electrons. The zero-order valence-corrected chi connectivity index (χ0v) is 5.13. The molecule has 0 spiro atoms. The minimum absolute atomic E-state index is 0.253. The molecule has 0 saturated heterocycles. The summed E-state index contributed by atoms with van der Waals surface area (Å²) in [6, 6.07) is 0. The van der Waals surface area contributed by atoms with Gasteiger partial charge in [-0.3, -0.25) is 9.59 Å². The lowest BCUT2D eigenvalue weighted by molar-refractivity contribution is -0.116. The van der Waals surface area contributed by atoms with E-state index in [1.165, 1.54) is 24.6 Å². The van der Waals surface area contributed by atoms with Gasteiger partial charge in [-0.1, -0.05) is 0 Å². The molecule has 0 unspecified atom stereocenters. The van der Waals surface area contributed by atoms with E-state index < -0.39 is 0 Å². The summed E-state index contributed by atoms with van der Waals surface area (Å²) in [5.74, 6) is -0.507. The van der Waals surface area contributed by atoms with Crippen LogP contribution in [-0.4, -0.2) is 11.8 Å². The van der Waals surface area contributed by atoms with Crippen LogP contribution in [0, 0.1) is 0 Å². The van der Waals surface area contributed by atoms with Crippen molar-refractivity contribution in [2.45, 2.75) is 0 Å². The van der Waals surface area contributed by atoms with Gasteiger partial charge in [0.15, 0.2) is 0 Å². The molecular formula is C6H6N2O2. The van der Waals surface area contributed by atoms with Crippen molar-refractivity contribution in [3.63, 3.8) is 0 Å². The van der Waals surface area contributed by atoms with E-state index in [9.17, 15) is 9.59 Å². The molecule has 0 saturated carbocycles. The summed E-state index contributed by atoms with van der Waals surface area (Å²) < 4.78 is 0. The summed E-state index contributed by atoms with van der Waals surface area (Å²) in [5.41, 5.74) is 0. The molecule has 4 nitrogen and oxygen atoms in total. The third-order valence-corrected chi connectivity index (χ3v) is 0.921. The maximum atomic E-state index is 10.5. The Hall–Kier alpha value is -1.58. The molecule has 0 aromatic heterocycles. The van der Waals surface area contributed by atoms with Gasteiger partial charge in [0.25, 0.3) is 0 Å². The highest BCUT2D eigenvalue weighted by molar-refractivity contribution is 5.94. The Bertz CT molecular complexity index is 194. The summed E-state index contributed by atoms with van der Waals surface area (Å²) >= 11 is 0. The van der Waals surface area contributed by atoms with Crippen molar-refractivity contribution in [3.05, 3.63) is 24.6 Å². The second kappa shape index (κ2) is 2.82. The van der Waals surface area contributed by atoms with Gasteiger partial charge in [0.2, 0.25) is 11.8 Å². The van der Waals surface area contributed by atoms with E-state index in [1.807, 2.05) is 0 Å². The summed E-state index contributed by atoms with van der Waals surface area (Å²) in [6.45, 7) is 0. The van der Waals surface area contributed by atoms with Crippen LogP contribution in [0.15, 0.2) is 24.6 Å². The van der Waals surface area contributed by atoms with Crippen LogP contribution in [0.25, 0.3) is 0 Å². The Labute approximate surface area is 57.6 Å². The molecule has 0 fully saturated rings. The van der Waals surface area contributed by atoms with E-state index in [4.69, 9.17) is 0 Å². The van der Waals surface area contributed by atoms with E-state index in [1.54, 1.807) is 0 Å². The van der Waals surface area contributed by atoms with Gasteiger partial charge < -0.3 is 10.6 Å². The number of hydrogen-bond acceptors (Lipinski definition) is 2. The Morgan fingerprint density at radius 1 is 0.900 bits per heavy atom. The van der Waals surface area contributed by atoms with Crippen molar-refractivity contribution in [1.82, 2.24) is 10.6 Å². The highest BCUT2D eigenvalue weighted by atomic mass is 16.2. The molecule has 10 heavy (non-hydrogen) atoms. The van der Waals surface area contributed by atoms with E-state index in [0.29, 0.717) is 0 Å². The van der Waals surface area contributed by atoms with Crippen LogP contribution >= 0.6 is 0 Å². The molecule has 1 heterocycles. The summed E-state index contributed by atoms with van der Waals surface area (Å²) in [5, 5.41) is 4.70. The first-order valence-electron chi connectivity index (χ1n) is 2.73. The van der Waals surface area contributed by atoms with Crippen molar-refractivity contribution in [2.75, 3.05) is 0 Å². The van der Waals surface area contributed by atoms with Crippen LogP contribution in [-0.2, 0) is 9.59 Å². The van der Waals surface area contributed by atoms with Crippen molar-refractivity contribution >= 4 is 11.8 Å². The number of nitrogens with one attached hydrogen (secondary N) is 2. The molecule has 2 N–H and O–H groups in total. The number of carbonyl (C=O) groups is 2. The van der Waals surface area contributed by atoms with Gasteiger partial charge >= 0.3 is 0 Å². The van der Waals surface area contributed by atoms with Gasteiger partial charge in [-0.25, -0.2) is 0 Å². The maximum Gasteiger partial charge on any atom is 0.249 e. The van der Waals surface area contributed by atoms with Crippen LogP contribution in [0.4, 0.5) is 0 Å². The highest BCUT2D eigenvalue weighted by Crippen LogP contribution is 1.78. The standard InChI is InChI=1S/C6H6N2O2/c9-5-1-3-7-6(10)2-4-8-5/h1-4H,(H,7,10)(H,8,9). The number of amides is 2. The van der Waals surface area contributed by atoms with Gasteiger partial charge in [0, 0.05) is 24.6 Å². The molecule has 1 aliphatic rings. The lowest BCUT2D eigenvalue weighted by Crippen LogP contribution is -2.22. The summed E-state index contributed by atoms with van der Waals surface area (Å²) in [4.78, 5) is 21.1. The SMILES string of the molecule is O=C1C=CNC(=O)C=CN1. The summed E-state index contributed by atoms with van der Waals surface area (Å²) in [6.07, 6.45) is 5.06. The second-order valence-electron chi connectivity index (χ2n) is 1.68. The fourth-order valence-corrected chi connectivity index (χ4v) is 0.495. The predicted octanol–water partition coefficient (Wildman–Crippen LogP) is -0.740. The predicted molar refractivity (Wildman–Crippen MR) is 34.6 cm³/mol. The smallest absolute Gasteiger partial charge is 0.249 e. The molecule has 1 aliphatic heterocycles. The molecular weight excluding hydrogens is 132 g/mol. The van der Waals surface area contributed by atoms with Crippen molar-refractivity contribution in [2.24, 2.45) is 0 Å². The third kappa shape index (κ3) is 1.74. The van der Waals surface area contributed by atoms with E-state index in [0.717, 1.165) is 0 Å². The molecule has 2 amide bonds. The minimum atomic E-state index is -0.253. The van der Waals surface area contributed by atoms with E-state index >= 15 is 0 Å². The normalized spacial score (nSPS) is 17.2. The quantitative estimate of drug-likeness (QED) is 0.463. The Kier molecular flexibility index (Phi) is 1.84. The monoisotopic (exact) mass is 138 g/mol. The Morgan fingerprint density at radius 3 is 1.70 bits per heavy atom. The van der Waals surface area contributed by atoms with Gasteiger partial charge in [0.05, 0.1) is 0 Å². The number of carbonyl (C=O) groups excluding carboxylic acids is 2. The first-order valence-corrected chi connectivity index (χ1v) is 2.73. The van der Waals surface area contributed by atoms with Crippen LogP contribution in [0.5, 0.6) is 0 Å². The molecule has 0 aromatic carbocycles. The van der Waals surface area contributed by atoms with Crippen molar-refractivity contribution in [3.8, 4) is 0 Å². The van der Waals surface area contributed by atoms with E-state index in [-0.39, 0.29) is 11.8 Å². The maximum absolute atomic E-state index is 10.5. The first-order chi connectivity index (χ1) is 4.79. The molecule has 0 aromatic rings. The van der Waals surface area contributed by atoms with Gasteiger partial charge in [0.1, 0.15) is 0 Å². The van der Waals surface area contributed by atoms with E-state index in [2.05, 4.69) is 10.6 Å². The second-order valence-corrected chi connectivity index (χ2v) is 1.68. The molecule has 0 atom stereocenters. The average molecular weight is 138 g/mol. The molecule has 0 bridgehead atoms. The lowest BCUT2D eigenvalue weighted by atomic mass is 10.4. The molecule has 1 rings (SSSR count). The van der Waals surface area contributed by atoms with Crippen molar-refractivity contribution < 1.29 is 9.59 Å². The van der Waals surface area contributed by atoms with Gasteiger partial charge in [-0.05, 0) is 0 Å². The number of hydrogen-bond donors (Lipinski definition) is 2. The van der Waals surface area contributed by atoms with Crippen LogP contribution < -0.4 is 10.6 Å². The van der Waals surface area contributed by atoms with Crippen molar-refractivity contribution in [1.29, 1.82) is 0 Å². The summed E-state index contributed by atoms with van der Waals surface area (Å²) in [7, 11) is 0. The van der Waals surface area contributed by atoms with Crippen LogP contribution in [0.2, 0.25) is 0 Å². The minimum Gasteiger partial charge on any atom is -0.329 e. The Morgan fingerprint density at radius 2 is 1.30 bits per heavy atom. The molecule has 0 aliphatic carbocycles. The van der Waals surface area contributed by atoms with Crippen LogP contribution in [0.3, 0.4) is 0 Å². The van der Waals surface area contributed by atoms with Crippen LogP contribution in [0.1, 0.15) is 0 Å². The highest BCUT2D eigenvalue weighted by Gasteiger charge is 1.96. The number of rotatable bonds is 0. The largest absolute Gasteiger partial charge is 0.329 e. The molecule has 4 heteroatoms. The fourth-order valence-electron chi connectivity index (χ4n) is 0.495. The fraction of sp³-hybridized carbons (Fsp3) is 0. The Balaban J connectivity index is 2.65. The van der Waals surface area contributed by atoms with Gasteiger partial charge in [-0.2, -0.15) is 0 Å². The zero-order valence-electron chi connectivity index (χ0n) is 5.13. The topological polar surface area (TPSA) is 58.2 Å². The third-order valence-electron chi connectivity index (χ3n) is 0.921. The lowest BCUT2D eigenvalue weighted by Gasteiger charge is -1.97. The first kappa shape index (κ1) is 6.54. The molecule has 52 valence electrons.